The third-order valence-electron chi connectivity index (χ3n) is 3.14. The first-order valence-corrected chi connectivity index (χ1v) is 5.80. The molecule has 94 valence electrons. The summed E-state index contributed by atoms with van der Waals surface area (Å²) in [4.78, 5) is 11.3. The van der Waals surface area contributed by atoms with E-state index in [9.17, 15) is 4.79 Å². The van der Waals surface area contributed by atoms with Crippen molar-refractivity contribution in [3.63, 3.8) is 0 Å². The smallest absolute Gasteiger partial charge is 0.233 e. The first-order chi connectivity index (χ1) is 7.81. The molecule has 4 heteroatoms. The molecule has 17 heavy (non-hydrogen) atoms. The molecule has 3 nitrogen and oxygen atoms in total. The zero-order valence-corrected chi connectivity index (χ0v) is 10.8. The van der Waals surface area contributed by atoms with E-state index in [-0.39, 0.29) is 18.3 Å². The van der Waals surface area contributed by atoms with Crippen LogP contribution in [0.2, 0.25) is 0 Å². The number of fused-ring (bicyclic) bond motifs is 1. The highest BCUT2D eigenvalue weighted by Crippen LogP contribution is 2.31. The van der Waals surface area contributed by atoms with E-state index in [0.29, 0.717) is 12.5 Å². The van der Waals surface area contributed by atoms with E-state index >= 15 is 0 Å². The second kappa shape index (κ2) is 6.62. The Kier molecular flexibility index (Phi) is 5.45. The molecule has 1 unspecified atom stereocenters. The van der Waals surface area contributed by atoms with Gasteiger partial charge in [-0.3, -0.25) is 4.79 Å². The predicted molar refractivity (Wildman–Crippen MR) is 71.7 cm³/mol. The first kappa shape index (κ1) is 14.0. The fourth-order valence-electron chi connectivity index (χ4n) is 2.32. The maximum Gasteiger partial charge on any atom is 0.233 e. The lowest BCUT2D eigenvalue weighted by Gasteiger charge is -2.12. The Labute approximate surface area is 108 Å². The average molecular weight is 255 g/mol. The molecule has 0 radical (unpaired) electrons. The van der Waals surface area contributed by atoms with Gasteiger partial charge in [0, 0.05) is 12.5 Å². The number of rotatable bonds is 4. The van der Waals surface area contributed by atoms with Gasteiger partial charge >= 0.3 is 0 Å². The average Bonchev–Trinajstić information content (AvgIpc) is 2.70. The van der Waals surface area contributed by atoms with Crippen LogP contribution in [0, 0.1) is 0 Å². The third-order valence-corrected chi connectivity index (χ3v) is 3.14. The molecule has 2 N–H and O–H groups in total. The van der Waals surface area contributed by atoms with Gasteiger partial charge in [0.15, 0.2) is 0 Å². The van der Waals surface area contributed by atoms with Crippen molar-refractivity contribution in [1.29, 1.82) is 0 Å². The minimum absolute atomic E-state index is 0. The maximum absolute atomic E-state index is 11.3. The third kappa shape index (κ3) is 3.45. The zero-order valence-electron chi connectivity index (χ0n) is 10.0. The molecule has 1 aliphatic rings. The molecule has 0 fully saturated rings. The van der Waals surface area contributed by atoms with Gasteiger partial charge in [-0.05, 0) is 31.0 Å². The van der Waals surface area contributed by atoms with Crippen LogP contribution in [0.5, 0.6) is 0 Å². The summed E-state index contributed by atoms with van der Waals surface area (Å²) < 4.78 is 0. The van der Waals surface area contributed by atoms with Gasteiger partial charge in [0.2, 0.25) is 5.91 Å². The molecular formula is C13H19ClN2O. The van der Waals surface area contributed by atoms with Crippen molar-refractivity contribution in [2.45, 2.75) is 18.8 Å². The van der Waals surface area contributed by atoms with Crippen molar-refractivity contribution in [1.82, 2.24) is 10.6 Å². The minimum Gasteiger partial charge on any atom is -0.354 e. The van der Waals surface area contributed by atoms with Crippen LogP contribution in [0.25, 0.3) is 0 Å². The summed E-state index contributed by atoms with van der Waals surface area (Å²) in [6.45, 7) is 1.16. The van der Waals surface area contributed by atoms with E-state index in [1.807, 2.05) is 0 Å². The molecule has 1 atom stereocenters. The number of amides is 1. The number of carbonyl (C=O) groups excluding carboxylic acids is 1. The van der Waals surface area contributed by atoms with Crippen LogP contribution >= 0.6 is 12.4 Å². The number of hydrogen-bond donors (Lipinski definition) is 2. The van der Waals surface area contributed by atoms with Gasteiger partial charge in [-0.1, -0.05) is 24.3 Å². The fraction of sp³-hybridized carbons (Fsp3) is 0.462. The molecule has 1 aromatic rings. The molecule has 1 amide bonds. The van der Waals surface area contributed by atoms with Crippen molar-refractivity contribution in [2.75, 3.05) is 20.1 Å². The Morgan fingerprint density at radius 1 is 1.41 bits per heavy atom. The van der Waals surface area contributed by atoms with Crippen molar-refractivity contribution in [3.05, 3.63) is 35.4 Å². The summed E-state index contributed by atoms with van der Waals surface area (Å²) >= 11 is 0. The number of carbonyl (C=O) groups is 1. The van der Waals surface area contributed by atoms with Crippen LogP contribution < -0.4 is 10.6 Å². The highest BCUT2D eigenvalue weighted by atomic mass is 35.5. The van der Waals surface area contributed by atoms with Gasteiger partial charge in [-0.15, -0.1) is 12.4 Å². The highest BCUT2D eigenvalue weighted by Gasteiger charge is 2.21. The summed E-state index contributed by atoms with van der Waals surface area (Å²) in [5.41, 5.74) is 2.85. The molecule has 0 heterocycles. The summed E-state index contributed by atoms with van der Waals surface area (Å²) in [7, 11) is 1.78. The fourth-order valence-corrected chi connectivity index (χ4v) is 2.32. The quantitative estimate of drug-likeness (QED) is 0.855. The van der Waals surface area contributed by atoms with Crippen molar-refractivity contribution < 1.29 is 4.79 Å². The Balaban J connectivity index is 0.00000144. The predicted octanol–water partition coefficient (Wildman–Crippen LogP) is 1.47. The lowest BCUT2D eigenvalue weighted by Crippen LogP contribution is -2.34. The molecule has 0 saturated heterocycles. The lowest BCUT2D eigenvalue weighted by atomic mass is 10.0. The monoisotopic (exact) mass is 254 g/mol. The topological polar surface area (TPSA) is 41.1 Å². The van der Waals surface area contributed by atoms with Crippen molar-refractivity contribution in [2.24, 2.45) is 0 Å². The van der Waals surface area contributed by atoms with Crippen LogP contribution in [-0.4, -0.2) is 26.0 Å². The second-order valence-electron chi connectivity index (χ2n) is 4.27. The Bertz CT molecular complexity index is 381. The van der Waals surface area contributed by atoms with E-state index in [4.69, 9.17) is 0 Å². The SMILES string of the molecule is CNCC(=O)NCC1CCc2ccccc21.Cl. The van der Waals surface area contributed by atoms with Gasteiger partial charge in [0.1, 0.15) is 0 Å². The van der Waals surface area contributed by atoms with Crippen molar-refractivity contribution >= 4 is 18.3 Å². The summed E-state index contributed by atoms with van der Waals surface area (Å²) in [5.74, 6) is 0.573. The van der Waals surface area contributed by atoms with Gasteiger partial charge in [-0.2, -0.15) is 0 Å². The molecule has 0 aliphatic heterocycles. The lowest BCUT2D eigenvalue weighted by molar-refractivity contribution is -0.120. The van der Waals surface area contributed by atoms with Gasteiger partial charge < -0.3 is 10.6 Å². The van der Waals surface area contributed by atoms with E-state index in [0.717, 1.165) is 19.4 Å². The Hall–Kier alpha value is -1.06. The maximum atomic E-state index is 11.3. The molecule has 0 aromatic heterocycles. The standard InChI is InChI=1S/C13H18N2O.ClH/c1-14-9-13(16)15-8-11-7-6-10-4-2-3-5-12(10)11;/h2-5,11,14H,6-9H2,1H3,(H,15,16);1H. The van der Waals surface area contributed by atoms with E-state index in [2.05, 4.69) is 34.9 Å². The molecule has 0 saturated carbocycles. The summed E-state index contributed by atoms with van der Waals surface area (Å²) in [6.07, 6.45) is 2.29. The van der Waals surface area contributed by atoms with Crippen LogP contribution in [-0.2, 0) is 11.2 Å². The van der Waals surface area contributed by atoms with Gasteiger partial charge in [0.05, 0.1) is 6.54 Å². The van der Waals surface area contributed by atoms with Crippen LogP contribution in [0.1, 0.15) is 23.5 Å². The number of aryl methyl sites for hydroxylation is 1. The van der Waals surface area contributed by atoms with Gasteiger partial charge in [-0.25, -0.2) is 0 Å². The van der Waals surface area contributed by atoms with Gasteiger partial charge in [0.25, 0.3) is 0 Å². The highest BCUT2D eigenvalue weighted by molar-refractivity contribution is 5.85. The zero-order chi connectivity index (χ0) is 11.4. The van der Waals surface area contributed by atoms with Crippen molar-refractivity contribution in [3.8, 4) is 0 Å². The molecule has 0 spiro atoms. The number of nitrogens with one attached hydrogen (secondary N) is 2. The van der Waals surface area contributed by atoms with E-state index in [1.54, 1.807) is 7.05 Å². The number of benzene rings is 1. The second-order valence-corrected chi connectivity index (χ2v) is 4.27. The molecule has 0 bridgehead atoms. The summed E-state index contributed by atoms with van der Waals surface area (Å²) in [6, 6.07) is 8.52. The summed E-state index contributed by atoms with van der Waals surface area (Å²) in [5, 5.41) is 5.81. The molecular weight excluding hydrogens is 236 g/mol. The number of hydrogen-bond acceptors (Lipinski definition) is 2. The normalized spacial score (nSPS) is 17.1. The largest absolute Gasteiger partial charge is 0.354 e. The molecule has 2 rings (SSSR count). The minimum atomic E-state index is 0. The Morgan fingerprint density at radius 3 is 2.94 bits per heavy atom. The van der Waals surface area contributed by atoms with Crippen LogP contribution in [0.4, 0.5) is 0 Å². The van der Waals surface area contributed by atoms with E-state index < -0.39 is 0 Å². The van der Waals surface area contributed by atoms with Crippen LogP contribution in [0.3, 0.4) is 0 Å². The Morgan fingerprint density at radius 2 is 2.18 bits per heavy atom. The molecule has 1 aliphatic carbocycles. The molecule has 1 aromatic carbocycles. The number of halogens is 1. The van der Waals surface area contributed by atoms with Crippen LogP contribution in [0.15, 0.2) is 24.3 Å². The first-order valence-electron chi connectivity index (χ1n) is 5.80. The number of likely N-dealkylation sites (N-methyl/N-ethyl adjacent to an activating group) is 1. The van der Waals surface area contributed by atoms with E-state index in [1.165, 1.54) is 11.1 Å².